The maximum atomic E-state index is 11.2. The molecular formula is C8H13ClN4OS. The molecule has 1 rings (SSSR count). The Morgan fingerprint density at radius 2 is 2.33 bits per heavy atom. The van der Waals surface area contributed by atoms with E-state index in [0.717, 1.165) is 30.8 Å². The number of alkyl halides is 1. The average molecular weight is 249 g/mol. The van der Waals surface area contributed by atoms with Gasteiger partial charge in [0.25, 0.3) is 0 Å². The van der Waals surface area contributed by atoms with E-state index in [2.05, 4.69) is 20.2 Å². The van der Waals surface area contributed by atoms with Crippen LogP contribution < -0.4 is 10.6 Å². The summed E-state index contributed by atoms with van der Waals surface area (Å²) in [6.07, 6.45) is 4.48. The Morgan fingerprint density at radius 1 is 1.47 bits per heavy atom. The molecule has 0 saturated heterocycles. The third-order valence-corrected chi connectivity index (χ3v) is 2.54. The van der Waals surface area contributed by atoms with Gasteiger partial charge in [-0.1, -0.05) is 10.9 Å². The first kappa shape index (κ1) is 12.2. The lowest BCUT2D eigenvalue weighted by Gasteiger charge is -2.04. The third kappa shape index (κ3) is 5.54. The number of carbonyl (C=O) groups is 1. The SMILES string of the molecule is O=C(NCCCCCCl)Nc1cnns1. The molecule has 0 spiro atoms. The maximum absolute atomic E-state index is 11.2. The summed E-state index contributed by atoms with van der Waals surface area (Å²) in [6, 6.07) is -0.216. The van der Waals surface area contributed by atoms with Gasteiger partial charge >= 0.3 is 6.03 Å². The van der Waals surface area contributed by atoms with Crippen molar-refractivity contribution in [3.8, 4) is 0 Å². The third-order valence-electron chi connectivity index (χ3n) is 1.69. The van der Waals surface area contributed by atoms with E-state index < -0.39 is 0 Å². The smallest absolute Gasteiger partial charge is 0.319 e. The lowest BCUT2D eigenvalue weighted by molar-refractivity contribution is 0.252. The summed E-state index contributed by atoms with van der Waals surface area (Å²) in [7, 11) is 0. The molecule has 0 atom stereocenters. The Balaban J connectivity index is 2.04. The minimum Gasteiger partial charge on any atom is -0.338 e. The van der Waals surface area contributed by atoms with E-state index in [-0.39, 0.29) is 6.03 Å². The Bertz CT molecular complexity index is 280. The molecule has 0 aromatic carbocycles. The van der Waals surface area contributed by atoms with Crippen LogP contribution in [0.25, 0.3) is 0 Å². The first-order valence-electron chi connectivity index (χ1n) is 4.71. The van der Waals surface area contributed by atoms with Gasteiger partial charge in [-0.3, -0.25) is 5.32 Å². The molecule has 0 fully saturated rings. The second-order valence-corrected chi connectivity index (χ2v) is 4.08. The fraction of sp³-hybridized carbons (Fsp3) is 0.625. The van der Waals surface area contributed by atoms with Crippen LogP contribution in [-0.2, 0) is 0 Å². The van der Waals surface area contributed by atoms with E-state index in [1.807, 2.05) is 0 Å². The van der Waals surface area contributed by atoms with Crippen molar-refractivity contribution in [2.45, 2.75) is 19.3 Å². The zero-order valence-electron chi connectivity index (χ0n) is 8.20. The molecule has 1 aromatic rings. The van der Waals surface area contributed by atoms with Gasteiger partial charge in [0.1, 0.15) is 5.00 Å². The van der Waals surface area contributed by atoms with Crippen molar-refractivity contribution in [1.29, 1.82) is 0 Å². The number of rotatable bonds is 6. The Morgan fingerprint density at radius 3 is 3.00 bits per heavy atom. The van der Waals surface area contributed by atoms with Crippen LogP contribution in [0.4, 0.5) is 9.80 Å². The van der Waals surface area contributed by atoms with Gasteiger partial charge in [0, 0.05) is 24.0 Å². The van der Waals surface area contributed by atoms with Crippen molar-refractivity contribution >= 4 is 34.2 Å². The fourth-order valence-electron chi connectivity index (χ4n) is 0.977. The fourth-order valence-corrected chi connectivity index (χ4v) is 1.58. The minimum atomic E-state index is -0.216. The number of hydrogen-bond acceptors (Lipinski definition) is 4. The molecule has 2 N–H and O–H groups in total. The highest BCUT2D eigenvalue weighted by atomic mass is 35.5. The first-order chi connectivity index (χ1) is 7.33. The van der Waals surface area contributed by atoms with Crippen LogP contribution in [0.15, 0.2) is 6.20 Å². The molecule has 0 radical (unpaired) electrons. The van der Waals surface area contributed by atoms with E-state index in [1.54, 1.807) is 0 Å². The number of urea groups is 1. The predicted molar refractivity (Wildman–Crippen MR) is 61.5 cm³/mol. The molecule has 2 amide bonds. The van der Waals surface area contributed by atoms with Gasteiger partial charge in [0.15, 0.2) is 0 Å². The monoisotopic (exact) mass is 248 g/mol. The van der Waals surface area contributed by atoms with Gasteiger partial charge in [-0.15, -0.1) is 16.7 Å². The summed E-state index contributed by atoms with van der Waals surface area (Å²) in [4.78, 5) is 11.2. The van der Waals surface area contributed by atoms with Crippen LogP contribution in [-0.4, -0.2) is 28.0 Å². The van der Waals surface area contributed by atoms with Crippen LogP contribution in [0, 0.1) is 0 Å². The van der Waals surface area contributed by atoms with Gasteiger partial charge in [0.05, 0.1) is 6.20 Å². The number of aromatic nitrogens is 2. The summed E-state index contributed by atoms with van der Waals surface area (Å²) in [6.45, 7) is 0.662. The normalized spacial score (nSPS) is 9.93. The number of amides is 2. The molecule has 1 heterocycles. The molecule has 0 aliphatic carbocycles. The Labute approximate surface area is 97.4 Å². The summed E-state index contributed by atoms with van der Waals surface area (Å²) in [5.41, 5.74) is 0. The van der Waals surface area contributed by atoms with Crippen LogP contribution in [0.5, 0.6) is 0 Å². The first-order valence-corrected chi connectivity index (χ1v) is 6.02. The molecule has 15 heavy (non-hydrogen) atoms. The molecule has 0 aliphatic heterocycles. The highest BCUT2D eigenvalue weighted by Crippen LogP contribution is 2.08. The zero-order chi connectivity index (χ0) is 10.9. The lowest BCUT2D eigenvalue weighted by Crippen LogP contribution is -2.29. The topological polar surface area (TPSA) is 66.9 Å². The average Bonchev–Trinajstić information content (AvgIpc) is 2.70. The van der Waals surface area contributed by atoms with Crippen molar-refractivity contribution in [2.75, 3.05) is 17.7 Å². The van der Waals surface area contributed by atoms with Crippen molar-refractivity contribution < 1.29 is 4.79 Å². The number of hydrogen-bond donors (Lipinski definition) is 2. The predicted octanol–water partition coefficient (Wildman–Crippen LogP) is 2.07. The molecule has 84 valence electrons. The molecule has 7 heteroatoms. The summed E-state index contributed by atoms with van der Waals surface area (Å²) >= 11 is 6.67. The van der Waals surface area contributed by atoms with Crippen LogP contribution in [0.2, 0.25) is 0 Å². The van der Waals surface area contributed by atoms with E-state index >= 15 is 0 Å². The van der Waals surface area contributed by atoms with Crippen LogP contribution >= 0.6 is 23.1 Å². The van der Waals surface area contributed by atoms with Gasteiger partial charge < -0.3 is 5.32 Å². The number of unbranched alkanes of at least 4 members (excludes halogenated alkanes) is 2. The van der Waals surface area contributed by atoms with Gasteiger partial charge in [0.2, 0.25) is 0 Å². The Kier molecular flexibility index (Phi) is 6.03. The zero-order valence-corrected chi connectivity index (χ0v) is 9.77. The molecule has 5 nitrogen and oxygen atoms in total. The van der Waals surface area contributed by atoms with Crippen LogP contribution in [0.3, 0.4) is 0 Å². The molecular weight excluding hydrogens is 236 g/mol. The highest BCUT2D eigenvalue weighted by Gasteiger charge is 2.01. The minimum absolute atomic E-state index is 0.216. The van der Waals surface area contributed by atoms with Crippen LogP contribution in [0.1, 0.15) is 19.3 Å². The summed E-state index contributed by atoms with van der Waals surface area (Å²) in [5, 5.41) is 9.62. The molecule has 0 unspecified atom stereocenters. The van der Waals surface area contributed by atoms with Gasteiger partial charge in [-0.25, -0.2) is 4.79 Å². The quantitative estimate of drug-likeness (QED) is 0.598. The molecule has 0 aliphatic rings. The number of carbonyl (C=O) groups excluding carboxylic acids is 1. The summed E-state index contributed by atoms with van der Waals surface area (Å²) in [5.74, 6) is 0.679. The van der Waals surface area contributed by atoms with Crippen molar-refractivity contribution in [1.82, 2.24) is 14.9 Å². The maximum Gasteiger partial charge on any atom is 0.319 e. The van der Waals surface area contributed by atoms with Crippen molar-refractivity contribution in [2.24, 2.45) is 0 Å². The van der Waals surface area contributed by atoms with E-state index in [9.17, 15) is 4.79 Å². The second-order valence-electron chi connectivity index (χ2n) is 2.91. The van der Waals surface area contributed by atoms with Crippen molar-refractivity contribution in [3.05, 3.63) is 6.20 Å². The standard InChI is InChI=1S/C8H13ClN4OS/c9-4-2-1-3-5-10-8(14)12-7-6-11-13-15-7/h6H,1-5H2,(H2,10,12,14). The highest BCUT2D eigenvalue weighted by molar-refractivity contribution is 7.10. The van der Waals surface area contributed by atoms with E-state index in [1.165, 1.54) is 6.20 Å². The number of halogens is 1. The molecule has 0 saturated carbocycles. The van der Waals surface area contributed by atoms with Crippen molar-refractivity contribution in [3.63, 3.8) is 0 Å². The molecule has 0 bridgehead atoms. The van der Waals surface area contributed by atoms with Gasteiger partial charge in [-0.05, 0) is 12.8 Å². The van der Waals surface area contributed by atoms with E-state index in [0.29, 0.717) is 17.4 Å². The Hall–Kier alpha value is -0.880. The largest absolute Gasteiger partial charge is 0.338 e. The number of anilines is 1. The number of nitrogens with one attached hydrogen (secondary N) is 2. The second kappa shape index (κ2) is 7.42. The van der Waals surface area contributed by atoms with E-state index in [4.69, 9.17) is 11.6 Å². The number of nitrogens with zero attached hydrogens (tertiary/aromatic N) is 2. The lowest BCUT2D eigenvalue weighted by atomic mass is 10.2. The van der Waals surface area contributed by atoms with Gasteiger partial charge in [-0.2, -0.15) is 0 Å². The molecule has 1 aromatic heterocycles. The summed E-state index contributed by atoms with van der Waals surface area (Å²) < 4.78 is 3.63.